The smallest absolute Gasteiger partial charge is 0.303 e. The van der Waals surface area contributed by atoms with E-state index in [4.69, 9.17) is 9.72 Å². The molecule has 1 atom stereocenters. The Hall–Kier alpha value is -3.05. The van der Waals surface area contributed by atoms with E-state index < -0.39 is 5.97 Å². The molecule has 184 valence electrons. The third-order valence-corrected chi connectivity index (χ3v) is 9.34. The molecule has 4 nitrogen and oxygen atoms in total. The fourth-order valence-corrected chi connectivity index (χ4v) is 7.12. The summed E-state index contributed by atoms with van der Waals surface area (Å²) in [7, 11) is 0. The molecule has 0 radical (unpaired) electrons. The summed E-state index contributed by atoms with van der Waals surface area (Å²) in [5.41, 5.74) is 8.34. The lowest BCUT2D eigenvalue weighted by molar-refractivity contribution is -0.138. The van der Waals surface area contributed by atoms with Crippen molar-refractivity contribution in [3.05, 3.63) is 93.8 Å². The molecule has 1 fully saturated rings. The molecule has 2 aliphatic carbocycles. The lowest BCUT2D eigenvalue weighted by atomic mass is 9.96. The molecule has 1 aromatic heterocycles. The van der Waals surface area contributed by atoms with Crippen molar-refractivity contribution in [1.29, 1.82) is 0 Å². The minimum absolute atomic E-state index is 0.0611. The van der Waals surface area contributed by atoms with E-state index >= 15 is 0 Å². The van der Waals surface area contributed by atoms with Gasteiger partial charge in [0.25, 0.3) is 0 Å². The molecular formula is C31H31NO3S. The number of pyridine rings is 1. The number of carboxylic acids is 1. The van der Waals surface area contributed by atoms with Crippen LogP contribution in [0.4, 0.5) is 0 Å². The fourth-order valence-electron chi connectivity index (χ4n) is 5.43. The van der Waals surface area contributed by atoms with Crippen molar-refractivity contribution < 1.29 is 14.6 Å². The molecule has 0 saturated heterocycles. The second kappa shape index (κ2) is 9.78. The van der Waals surface area contributed by atoms with Gasteiger partial charge in [-0.25, -0.2) is 0 Å². The quantitative estimate of drug-likeness (QED) is 0.377. The van der Waals surface area contributed by atoms with Gasteiger partial charge in [-0.2, -0.15) is 0 Å². The molecule has 3 aliphatic rings. The van der Waals surface area contributed by atoms with Gasteiger partial charge in [-0.3, -0.25) is 9.78 Å². The number of hydrogen-bond acceptors (Lipinski definition) is 4. The highest BCUT2D eigenvalue weighted by molar-refractivity contribution is 7.99. The summed E-state index contributed by atoms with van der Waals surface area (Å²) in [5.74, 6) is 1.06. The van der Waals surface area contributed by atoms with E-state index in [-0.39, 0.29) is 17.1 Å². The first kappa shape index (κ1) is 23.4. The van der Waals surface area contributed by atoms with Gasteiger partial charge in [0.05, 0.1) is 17.4 Å². The normalized spacial score (nSPS) is 19.5. The summed E-state index contributed by atoms with van der Waals surface area (Å²) in [4.78, 5) is 16.3. The van der Waals surface area contributed by atoms with Crippen LogP contribution >= 0.6 is 11.8 Å². The molecule has 1 saturated carbocycles. The minimum Gasteiger partial charge on any atom is -0.489 e. The highest BCUT2D eigenvalue weighted by Gasteiger charge is 2.45. The van der Waals surface area contributed by atoms with Gasteiger partial charge < -0.3 is 9.84 Å². The number of ether oxygens (including phenoxy) is 1. The monoisotopic (exact) mass is 497 g/mol. The Labute approximate surface area is 216 Å². The molecule has 1 N–H and O–H groups in total. The van der Waals surface area contributed by atoms with E-state index in [1.165, 1.54) is 35.2 Å². The predicted molar refractivity (Wildman–Crippen MR) is 145 cm³/mol. The average molecular weight is 498 g/mol. The standard InChI is InChI=1S/C31H31NO3S/c33-29(34)18-31(15-16-31)20-36-30-25-7-3-1-6-23(25)19-35-28-14-10-21(17-26(28)30)9-12-24-13-11-22-5-2-4-8-27(22)32-24/h1,3,6-7,9-14,17,30H,2,4-5,8,15-16,18-20H2,(H,33,34)/b12-9+. The van der Waals surface area contributed by atoms with Crippen LogP contribution in [0.2, 0.25) is 0 Å². The van der Waals surface area contributed by atoms with Crippen LogP contribution in [0.15, 0.2) is 54.6 Å². The van der Waals surface area contributed by atoms with Crippen LogP contribution in [0.1, 0.15) is 76.6 Å². The summed E-state index contributed by atoms with van der Waals surface area (Å²) in [6.45, 7) is 0.550. The maximum Gasteiger partial charge on any atom is 0.303 e. The molecule has 3 aromatic rings. The number of nitrogens with zero attached hydrogens (tertiary/aromatic N) is 1. The number of thioether (sulfide) groups is 1. The third-order valence-electron chi connectivity index (χ3n) is 7.72. The first-order valence-electron chi connectivity index (χ1n) is 12.9. The Morgan fingerprint density at radius 2 is 1.89 bits per heavy atom. The van der Waals surface area contributed by atoms with Crippen molar-refractivity contribution >= 4 is 29.9 Å². The zero-order chi connectivity index (χ0) is 24.5. The van der Waals surface area contributed by atoms with Gasteiger partial charge in [-0.05, 0) is 90.5 Å². The van der Waals surface area contributed by atoms with Gasteiger partial charge in [0.15, 0.2) is 0 Å². The summed E-state index contributed by atoms with van der Waals surface area (Å²) in [6, 6.07) is 19.3. The first-order chi connectivity index (χ1) is 17.6. The van der Waals surface area contributed by atoms with E-state index in [0.717, 1.165) is 54.0 Å². The van der Waals surface area contributed by atoms with Gasteiger partial charge in [0, 0.05) is 17.0 Å². The summed E-state index contributed by atoms with van der Waals surface area (Å²) in [6.07, 6.45) is 11.2. The first-order valence-corrected chi connectivity index (χ1v) is 14.0. The predicted octanol–water partition coefficient (Wildman–Crippen LogP) is 7.10. The SMILES string of the molecule is O=C(O)CC1(CSC2c3ccccc3COc3ccc(/C=C/c4ccc5c(n4)CCCC5)cc32)CC1. The maximum atomic E-state index is 11.4. The topological polar surface area (TPSA) is 59.4 Å². The Balaban J connectivity index is 1.30. The van der Waals surface area contributed by atoms with Gasteiger partial charge in [-0.15, -0.1) is 11.8 Å². The highest BCUT2D eigenvalue weighted by atomic mass is 32.2. The minimum atomic E-state index is -0.693. The molecule has 5 heteroatoms. The zero-order valence-corrected chi connectivity index (χ0v) is 21.2. The van der Waals surface area contributed by atoms with Crippen LogP contribution in [0.25, 0.3) is 12.2 Å². The second-order valence-corrected chi connectivity index (χ2v) is 11.5. The summed E-state index contributed by atoms with van der Waals surface area (Å²) < 4.78 is 6.25. The molecule has 6 rings (SSSR count). The number of aryl methyl sites for hydroxylation is 2. The van der Waals surface area contributed by atoms with Crippen molar-refractivity contribution in [3.63, 3.8) is 0 Å². The number of fused-ring (bicyclic) bond motifs is 3. The van der Waals surface area contributed by atoms with Crippen LogP contribution in [0.3, 0.4) is 0 Å². The van der Waals surface area contributed by atoms with E-state index in [2.05, 4.69) is 66.7 Å². The number of aliphatic carboxylic acids is 1. The Bertz CT molecular complexity index is 1330. The van der Waals surface area contributed by atoms with E-state index in [1.807, 2.05) is 11.8 Å². The van der Waals surface area contributed by atoms with Crippen LogP contribution in [0, 0.1) is 5.41 Å². The maximum absolute atomic E-state index is 11.4. The van der Waals surface area contributed by atoms with Crippen molar-refractivity contribution in [2.45, 2.75) is 56.8 Å². The van der Waals surface area contributed by atoms with Gasteiger partial charge in [0.2, 0.25) is 0 Å². The summed E-state index contributed by atoms with van der Waals surface area (Å²) >= 11 is 1.87. The molecular weight excluding hydrogens is 466 g/mol. The largest absolute Gasteiger partial charge is 0.489 e. The molecule has 0 bridgehead atoms. The molecule has 1 unspecified atom stereocenters. The fraction of sp³-hybridized carbons (Fsp3) is 0.355. The molecule has 2 heterocycles. The lowest BCUT2D eigenvalue weighted by Gasteiger charge is -2.22. The van der Waals surface area contributed by atoms with Crippen LogP contribution < -0.4 is 4.74 Å². The zero-order valence-electron chi connectivity index (χ0n) is 20.4. The molecule has 36 heavy (non-hydrogen) atoms. The molecule has 1 aliphatic heterocycles. The average Bonchev–Trinajstić information content (AvgIpc) is 3.67. The van der Waals surface area contributed by atoms with Gasteiger partial charge in [0.1, 0.15) is 12.4 Å². The summed E-state index contributed by atoms with van der Waals surface area (Å²) in [5, 5.41) is 9.51. The van der Waals surface area contributed by atoms with Crippen LogP contribution in [-0.4, -0.2) is 21.8 Å². The van der Waals surface area contributed by atoms with E-state index in [1.54, 1.807) is 0 Å². The Morgan fingerprint density at radius 1 is 1.03 bits per heavy atom. The highest BCUT2D eigenvalue weighted by Crippen LogP contribution is 2.55. The number of aromatic nitrogens is 1. The van der Waals surface area contributed by atoms with Crippen LogP contribution in [-0.2, 0) is 24.2 Å². The lowest BCUT2D eigenvalue weighted by Crippen LogP contribution is -2.12. The Morgan fingerprint density at radius 3 is 2.75 bits per heavy atom. The van der Waals surface area contributed by atoms with Crippen molar-refractivity contribution in [2.24, 2.45) is 5.41 Å². The number of rotatable bonds is 7. The third kappa shape index (κ3) is 4.94. The van der Waals surface area contributed by atoms with E-state index in [0.29, 0.717) is 6.61 Å². The molecule has 0 spiro atoms. The van der Waals surface area contributed by atoms with Crippen molar-refractivity contribution in [3.8, 4) is 5.75 Å². The number of hydrogen-bond donors (Lipinski definition) is 1. The van der Waals surface area contributed by atoms with E-state index in [9.17, 15) is 9.90 Å². The number of carbonyl (C=O) groups is 1. The molecule has 2 aromatic carbocycles. The number of benzene rings is 2. The second-order valence-electron chi connectivity index (χ2n) is 10.4. The number of carboxylic acid groups (broad SMARTS) is 1. The Kier molecular flexibility index (Phi) is 6.34. The van der Waals surface area contributed by atoms with Crippen LogP contribution in [0.5, 0.6) is 5.75 Å². The van der Waals surface area contributed by atoms with Crippen molar-refractivity contribution in [2.75, 3.05) is 5.75 Å². The van der Waals surface area contributed by atoms with Gasteiger partial charge in [-0.1, -0.05) is 42.5 Å². The van der Waals surface area contributed by atoms with Gasteiger partial charge >= 0.3 is 5.97 Å². The van der Waals surface area contributed by atoms with Crippen molar-refractivity contribution in [1.82, 2.24) is 4.98 Å². The molecule has 0 amide bonds.